The first-order valence-electron chi connectivity index (χ1n) is 6.82. The van der Waals surface area contributed by atoms with Crippen LogP contribution in [0.4, 0.5) is 4.39 Å². The van der Waals surface area contributed by atoms with Gasteiger partial charge in [0.15, 0.2) is 0 Å². The average molecular weight is 311 g/mol. The van der Waals surface area contributed by atoms with Gasteiger partial charge in [-0.15, -0.1) is 0 Å². The van der Waals surface area contributed by atoms with Gasteiger partial charge in [0.05, 0.1) is 0 Å². The lowest BCUT2D eigenvalue weighted by molar-refractivity contribution is -0.672. The first kappa shape index (κ1) is 14.6. The van der Waals surface area contributed by atoms with Crippen molar-refractivity contribution in [2.75, 3.05) is 0 Å². The smallest absolute Gasteiger partial charge is 0.282 e. The zero-order valence-corrected chi connectivity index (χ0v) is 11.9. The number of aromatic amines is 1. The van der Waals surface area contributed by atoms with E-state index in [0.29, 0.717) is 11.3 Å². The minimum Gasteiger partial charge on any atom is -0.282 e. The second-order valence-corrected chi connectivity index (χ2v) is 4.75. The third-order valence-electron chi connectivity index (χ3n) is 3.19. The molecule has 0 atom stereocenters. The van der Waals surface area contributed by atoms with Crippen LogP contribution >= 0.6 is 0 Å². The monoisotopic (exact) mass is 311 g/mol. The van der Waals surface area contributed by atoms with Crippen LogP contribution in [-0.4, -0.2) is 11.1 Å². The van der Waals surface area contributed by atoms with Gasteiger partial charge in [-0.2, -0.15) is 0 Å². The maximum absolute atomic E-state index is 12.9. The topological polar surface area (TPSA) is 67.0 Å². The number of carbonyl (C=O) groups is 1. The number of hydrogen-bond acceptors (Lipinski definition) is 3. The molecule has 6 heteroatoms. The number of H-pyrrole nitrogens is 1. The molecule has 0 unspecified atom stereocenters. The maximum Gasteiger partial charge on any atom is 0.439 e. The Bertz CT molecular complexity index is 909. The number of aromatic nitrogens is 2. The molecule has 0 aliphatic heterocycles. The van der Waals surface area contributed by atoms with Gasteiger partial charge in [-0.05, 0) is 33.7 Å². The van der Waals surface area contributed by atoms with Crippen molar-refractivity contribution in [2.24, 2.45) is 0 Å². The first-order chi connectivity index (χ1) is 11.1. The quantitative estimate of drug-likeness (QED) is 0.457. The van der Waals surface area contributed by atoms with Crippen LogP contribution in [0.5, 0.6) is 0 Å². The van der Waals surface area contributed by atoms with E-state index in [2.05, 4.69) is 5.27 Å². The number of hydrogen-bond donors (Lipinski definition) is 1. The molecule has 0 aliphatic carbocycles. The number of benzene rings is 2. The summed E-state index contributed by atoms with van der Waals surface area (Å²) in [6.07, 6.45) is 2.75. The summed E-state index contributed by atoms with van der Waals surface area (Å²) in [7, 11) is 0. The minimum atomic E-state index is -0.761. The number of carbonyl (C=O) groups excluding carboxylic acids is 1. The Balaban J connectivity index is 1.93. The van der Waals surface area contributed by atoms with Crippen LogP contribution in [0.2, 0.25) is 0 Å². The highest BCUT2D eigenvalue weighted by molar-refractivity contribution is 6.04. The first-order valence-corrected chi connectivity index (χ1v) is 6.82. The molecule has 114 valence electrons. The molecule has 1 heterocycles. The molecular formula is C17H12FN2O3+. The average Bonchev–Trinajstić information content (AvgIpc) is 2.96. The summed E-state index contributed by atoms with van der Waals surface area (Å²) in [6, 6.07) is 14.5. The second kappa shape index (κ2) is 6.23. The minimum absolute atomic E-state index is 0.144. The van der Waals surface area contributed by atoms with Crippen molar-refractivity contribution in [2.45, 2.75) is 0 Å². The van der Waals surface area contributed by atoms with Gasteiger partial charge in [0.2, 0.25) is 5.69 Å². The number of rotatable bonds is 4. The van der Waals surface area contributed by atoms with Crippen molar-refractivity contribution in [3.05, 3.63) is 88.2 Å². The highest BCUT2D eigenvalue weighted by Gasteiger charge is 2.28. The van der Waals surface area contributed by atoms with Gasteiger partial charge in [0.25, 0.3) is 5.78 Å². The number of para-hydroxylation sites is 1. The number of nitrogens with one attached hydrogen (secondary N) is 1. The molecule has 3 rings (SSSR count). The Morgan fingerprint density at radius 1 is 1.09 bits per heavy atom. The SMILES string of the molecule is O=C(/C=C/c1ccc(F)cc1)c1c(=O)o[nH][n+]1-c1ccccc1. The van der Waals surface area contributed by atoms with Gasteiger partial charge in [0.1, 0.15) is 5.82 Å². The summed E-state index contributed by atoms with van der Waals surface area (Å²) in [5.41, 5.74) is 0.333. The van der Waals surface area contributed by atoms with E-state index in [-0.39, 0.29) is 11.5 Å². The van der Waals surface area contributed by atoms with Crippen molar-refractivity contribution < 1.29 is 18.4 Å². The summed E-state index contributed by atoms with van der Waals surface area (Å²) < 4.78 is 18.8. The molecule has 0 saturated carbocycles. The molecule has 5 nitrogen and oxygen atoms in total. The van der Waals surface area contributed by atoms with Crippen LogP contribution < -0.4 is 10.3 Å². The van der Waals surface area contributed by atoms with Crippen LogP contribution in [0, 0.1) is 5.82 Å². The van der Waals surface area contributed by atoms with Gasteiger partial charge in [-0.1, -0.05) is 36.4 Å². The van der Waals surface area contributed by atoms with Crippen molar-refractivity contribution in [3.63, 3.8) is 0 Å². The van der Waals surface area contributed by atoms with E-state index in [4.69, 9.17) is 4.52 Å². The summed E-state index contributed by atoms with van der Waals surface area (Å²) in [5.74, 6) is -0.880. The maximum atomic E-state index is 12.9. The van der Waals surface area contributed by atoms with Crippen molar-refractivity contribution in [3.8, 4) is 5.69 Å². The van der Waals surface area contributed by atoms with Gasteiger partial charge < -0.3 is 0 Å². The fourth-order valence-electron chi connectivity index (χ4n) is 2.07. The summed E-state index contributed by atoms with van der Waals surface area (Å²) in [4.78, 5) is 24.1. The van der Waals surface area contributed by atoms with E-state index in [1.54, 1.807) is 24.3 Å². The fourth-order valence-corrected chi connectivity index (χ4v) is 2.07. The van der Waals surface area contributed by atoms with Crippen LogP contribution in [0.25, 0.3) is 11.8 Å². The molecule has 0 amide bonds. The lowest BCUT2D eigenvalue weighted by Gasteiger charge is -1.93. The summed E-state index contributed by atoms with van der Waals surface area (Å²) in [5, 5.41) is 2.40. The molecule has 2 aromatic carbocycles. The zero-order valence-electron chi connectivity index (χ0n) is 11.9. The van der Waals surface area contributed by atoms with Crippen LogP contribution in [0.3, 0.4) is 0 Å². The van der Waals surface area contributed by atoms with Crippen LogP contribution in [-0.2, 0) is 0 Å². The van der Waals surface area contributed by atoms with Gasteiger partial charge >= 0.3 is 11.3 Å². The highest BCUT2D eigenvalue weighted by Crippen LogP contribution is 2.06. The molecule has 0 bridgehead atoms. The normalized spacial score (nSPS) is 11.0. The number of halogens is 1. The van der Waals surface area contributed by atoms with E-state index in [1.807, 2.05) is 6.07 Å². The molecule has 0 spiro atoms. The zero-order chi connectivity index (χ0) is 16.2. The number of allylic oxidation sites excluding steroid dienone is 1. The molecular weight excluding hydrogens is 299 g/mol. The predicted molar refractivity (Wildman–Crippen MR) is 80.6 cm³/mol. The van der Waals surface area contributed by atoms with Gasteiger partial charge in [-0.3, -0.25) is 9.32 Å². The van der Waals surface area contributed by atoms with E-state index < -0.39 is 11.4 Å². The third kappa shape index (κ3) is 3.16. The standard InChI is InChI=1S/C17H11FN2O3/c18-13-9-6-12(7-10-13)8-11-15(21)16-17(22)23-19-20(16)14-4-2-1-3-5-14/h1-11H/p+1/b11-8+. The Kier molecular flexibility index (Phi) is 3.97. The number of ketones is 1. The van der Waals surface area contributed by atoms with Gasteiger partial charge in [-0.25, -0.2) is 9.18 Å². The second-order valence-electron chi connectivity index (χ2n) is 4.75. The highest BCUT2D eigenvalue weighted by atomic mass is 19.1. The van der Waals surface area contributed by atoms with E-state index in [0.717, 1.165) is 0 Å². The van der Waals surface area contributed by atoms with Crippen LogP contribution in [0.1, 0.15) is 16.1 Å². The van der Waals surface area contributed by atoms with E-state index >= 15 is 0 Å². The molecule has 1 N–H and O–H groups in total. The largest absolute Gasteiger partial charge is 0.439 e. The molecule has 0 fully saturated rings. The fraction of sp³-hybridized carbons (Fsp3) is 0. The van der Waals surface area contributed by atoms with Gasteiger partial charge in [0, 0.05) is 12.1 Å². The molecule has 1 aromatic heterocycles. The Morgan fingerprint density at radius 3 is 2.48 bits per heavy atom. The predicted octanol–water partition coefficient (Wildman–Crippen LogP) is 2.28. The van der Waals surface area contributed by atoms with E-state index in [1.165, 1.54) is 41.1 Å². The lowest BCUT2D eigenvalue weighted by atomic mass is 10.1. The van der Waals surface area contributed by atoms with Crippen LogP contribution in [0.15, 0.2) is 70.0 Å². The summed E-state index contributed by atoms with van der Waals surface area (Å²) >= 11 is 0. The Labute approximate surface area is 130 Å². The Morgan fingerprint density at radius 2 is 1.78 bits per heavy atom. The third-order valence-corrected chi connectivity index (χ3v) is 3.19. The lowest BCUT2D eigenvalue weighted by Crippen LogP contribution is -2.40. The molecule has 0 radical (unpaired) electrons. The molecule has 0 aliphatic rings. The summed E-state index contributed by atoms with van der Waals surface area (Å²) in [6.45, 7) is 0. The number of nitrogens with zero attached hydrogens (tertiary/aromatic N) is 1. The molecule has 23 heavy (non-hydrogen) atoms. The van der Waals surface area contributed by atoms with E-state index in [9.17, 15) is 14.0 Å². The molecule has 3 aromatic rings. The van der Waals surface area contributed by atoms with Crippen molar-refractivity contribution >= 4 is 11.9 Å². The van der Waals surface area contributed by atoms with Crippen molar-refractivity contribution in [1.82, 2.24) is 5.27 Å². The molecule has 0 saturated heterocycles. The van der Waals surface area contributed by atoms with Crippen molar-refractivity contribution in [1.29, 1.82) is 0 Å². The Hall–Kier alpha value is -3.28.